The Hall–Kier alpha value is -2.11. The van der Waals surface area contributed by atoms with E-state index in [0.29, 0.717) is 18.7 Å². The lowest BCUT2D eigenvalue weighted by atomic mass is 10.2. The molecule has 15 heavy (non-hydrogen) atoms. The van der Waals surface area contributed by atoms with Crippen molar-refractivity contribution in [2.24, 2.45) is 0 Å². The fourth-order valence-corrected chi connectivity index (χ4v) is 1.10. The topological polar surface area (TPSA) is 81.5 Å². The molecule has 0 spiro atoms. The summed E-state index contributed by atoms with van der Waals surface area (Å²) < 4.78 is 5.07. The lowest BCUT2D eigenvalue weighted by Gasteiger charge is -2.05. The van der Waals surface area contributed by atoms with Gasteiger partial charge in [-0.1, -0.05) is 0 Å². The third-order valence-electron chi connectivity index (χ3n) is 1.68. The van der Waals surface area contributed by atoms with E-state index in [9.17, 15) is 14.9 Å². The van der Waals surface area contributed by atoms with E-state index in [1.165, 1.54) is 18.2 Å². The Kier molecular flexibility index (Phi) is 3.61. The van der Waals surface area contributed by atoms with Crippen molar-refractivity contribution in [2.45, 2.75) is 6.92 Å². The Morgan fingerprint density at radius 2 is 2.33 bits per heavy atom. The van der Waals surface area contributed by atoms with Crippen LogP contribution in [-0.4, -0.2) is 17.9 Å². The summed E-state index contributed by atoms with van der Waals surface area (Å²) in [5.74, 6) is 0.193. The molecule has 6 heteroatoms. The molecule has 0 aliphatic carbocycles. The second-order valence-electron chi connectivity index (χ2n) is 2.63. The molecule has 80 valence electrons. The minimum Gasteiger partial charge on any atom is -0.487 e. The first kappa shape index (κ1) is 11.0. The number of hydrogen-bond acceptors (Lipinski definition) is 4. The molecule has 0 aromatic heterocycles. The molecule has 6 nitrogen and oxygen atoms in total. The number of nitrogens with one attached hydrogen (secondary N) is 1. The zero-order valence-corrected chi connectivity index (χ0v) is 8.10. The number of nitro benzene ring substituents is 1. The number of rotatable bonds is 5. The van der Waals surface area contributed by atoms with Crippen molar-refractivity contribution >= 4 is 17.8 Å². The van der Waals surface area contributed by atoms with Crippen molar-refractivity contribution in [1.29, 1.82) is 0 Å². The van der Waals surface area contributed by atoms with Crippen molar-refractivity contribution in [3.63, 3.8) is 0 Å². The van der Waals surface area contributed by atoms with E-state index in [1.807, 2.05) is 0 Å². The van der Waals surface area contributed by atoms with Gasteiger partial charge in [-0.25, -0.2) is 0 Å². The predicted octanol–water partition coefficient (Wildman–Crippen LogP) is 1.56. The van der Waals surface area contributed by atoms with E-state index in [1.54, 1.807) is 6.92 Å². The van der Waals surface area contributed by atoms with Crippen molar-refractivity contribution in [3.8, 4) is 5.75 Å². The largest absolute Gasteiger partial charge is 0.487 e. The van der Waals surface area contributed by atoms with E-state index in [4.69, 9.17) is 4.74 Å². The maximum absolute atomic E-state index is 10.7. The van der Waals surface area contributed by atoms with Crippen LogP contribution in [0.1, 0.15) is 6.92 Å². The van der Waals surface area contributed by atoms with Gasteiger partial charge in [-0.15, -0.1) is 0 Å². The van der Waals surface area contributed by atoms with Crippen LogP contribution in [0.25, 0.3) is 0 Å². The van der Waals surface area contributed by atoms with E-state index < -0.39 is 4.92 Å². The molecule has 0 bridgehead atoms. The van der Waals surface area contributed by atoms with Gasteiger partial charge in [-0.05, 0) is 19.1 Å². The highest BCUT2D eigenvalue weighted by Gasteiger charge is 2.15. The van der Waals surface area contributed by atoms with Gasteiger partial charge in [0.2, 0.25) is 6.41 Å². The third-order valence-corrected chi connectivity index (χ3v) is 1.68. The number of carbonyl (C=O) groups excluding carboxylic acids is 1. The van der Waals surface area contributed by atoms with Crippen LogP contribution in [0.2, 0.25) is 0 Å². The molecule has 0 saturated heterocycles. The SMILES string of the molecule is CCOc1ccc(NC=O)cc1[N+](=O)[O-]. The summed E-state index contributed by atoms with van der Waals surface area (Å²) in [6, 6.07) is 4.24. The van der Waals surface area contributed by atoms with Crippen LogP contribution < -0.4 is 10.1 Å². The zero-order chi connectivity index (χ0) is 11.3. The number of hydrogen-bond donors (Lipinski definition) is 1. The van der Waals surface area contributed by atoms with Crippen molar-refractivity contribution in [2.75, 3.05) is 11.9 Å². The van der Waals surface area contributed by atoms with Crippen LogP contribution in [0.4, 0.5) is 11.4 Å². The smallest absolute Gasteiger partial charge is 0.312 e. The van der Waals surface area contributed by atoms with Gasteiger partial charge in [0.15, 0.2) is 5.75 Å². The monoisotopic (exact) mass is 210 g/mol. The van der Waals surface area contributed by atoms with Crippen LogP contribution in [0.5, 0.6) is 5.75 Å². The normalized spacial score (nSPS) is 9.40. The number of nitro groups is 1. The van der Waals surface area contributed by atoms with E-state index in [0.717, 1.165) is 0 Å². The first-order valence-corrected chi connectivity index (χ1v) is 4.30. The molecule has 0 saturated carbocycles. The molecule has 1 aromatic carbocycles. The van der Waals surface area contributed by atoms with Crippen molar-refractivity contribution in [3.05, 3.63) is 28.3 Å². The Labute approximate surface area is 86.0 Å². The van der Waals surface area contributed by atoms with Gasteiger partial charge in [0.05, 0.1) is 11.5 Å². The van der Waals surface area contributed by atoms with Gasteiger partial charge >= 0.3 is 5.69 Å². The number of ether oxygens (including phenoxy) is 1. The molecule has 0 atom stereocenters. The van der Waals surface area contributed by atoms with E-state index >= 15 is 0 Å². The molecular weight excluding hydrogens is 200 g/mol. The quantitative estimate of drug-likeness (QED) is 0.454. The van der Waals surface area contributed by atoms with E-state index in [-0.39, 0.29) is 11.4 Å². The molecule has 0 heterocycles. The van der Waals surface area contributed by atoms with Gasteiger partial charge in [0.25, 0.3) is 0 Å². The summed E-state index contributed by atoms with van der Waals surface area (Å²) in [4.78, 5) is 20.3. The molecule has 1 aromatic rings. The first-order chi connectivity index (χ1) is 7.19. The van der Waals surface area contributed by atoms with Gasteiger partial charge in [0.1, 0.15) is 0 Å². The van der Waals surface area contributed by atoms with Gasteiger partial charge in [-0.2, -0.15) is 0 Å². The number of nitrogens with zero attached hydrogens (tertiary/aromatic N) is 1. The number of anilines is 1. The first-order valence-electron chi connectivity index (χ1n) is 4.30. The second kappa shape index (κ2) is 4.94. The number of benzene rings is 1. The predicted molar refractivity (Wildman–Crippen MR) is 54.0 cm³/mol. The maximum Gasteiger partial charge on any atom is 0.312 e. The van der Waals surface area contributed by atoms with Crippen LogP contribution >= 0.6 is 0 Å². The summed E-state index contributed by atoms with van der Waals surface area (Å²) in [7, 11) is 0. The lowest BCUT2D eigenvalue weighted by molar-refractivity contribution is -0.385. The van der Waals surface area contributed by atoms with Crippen molar-refractivity contribution < 1.29 is 14.5 Å². The molecule has 1 N–H and O–H groups in total. The second-order valence-corrected chi connectivity index (χ2v) is 2.63. The molecule has 0 aliphatic heterocycles. The maximum atomic E-state index is 10.7. The summed E-state index contributed by atoms with van der Waals surface area (Å²) >= 11 is 0. The Balaban J connectivity index is 3.08. The molecule has 0 aliphatic rings. The molecule has 0 fully saturated rings. The highest BCUT2D eigenvalue weighted by molar-refractivity contribution is 5.73. The Morgan fingerprint density at radius 3 is 2.87 bits per heavy atom. The molecule has 1 amide bonds. The average Bonchev–Trinajstić information content (AvgIpc) is 2.21. The summed E-state index contributed by atoms with van der Waals surface area (Å²) in [6.07, 6.45) is 0.458. The lowest BCUT2D eigenvalue weighted by Crippen LogP contribution is -2.00. The minimum absolute atomic E-state index is 0.163. The Morgan fingerprint density at radius 1 is 1.60 bits per heavy atom. The Bertz CT molecular complexity index is 378. The zero-order valence-electron chi connectivity index (χ0n) is 8.10. The van der Waals surface area contributed by atoms with Gasteiger partial charge in [0, 0.05) is 11.8 Å². The number of carbonyl (C=O) groups is 1. The highest BCUT2D eigenvalue weighted by atomic mass is 16.6. The van der Waals surface area contributed by atoms with Crippen LogP contribution in [0, 0.1) is 10.1 Å². The molecule has 0 unspecified atom stereocenters. The van der Waals surface area contributed by atoms with Gasteiger partial charge in [-0.3, -0.25) is 14.9 Å². The molecule has 1 rings (SSSR count). The van der Waals surface area contributed by atoms with Crippen LogP contribution in [0.15, 0.2) is 18.2 Å². The van der Waals surface area contributed by atoms with Crippen LogP contribution in [0.3, 0.4) is 0 Å². The summed E-state index contributed by atoms with van der Waals surface area (Å²) in [5.41, 5.74) is 0.198. The highest BCUT2D eigenvalue weighted by Crippen LogP contribution is 2.29. The fraction of sp³-hybridized carbons (Fsp3) is 0.222. The summed E-state index contributed by atoms with van der Waals surface area (Å²) in [5, 5.41) is 13.0. The van der Waals surface area contributed by atoms with Crippen LogP contribution in [-0.2, 0) is 4.79 Å². The third kappa shape index (κ3) is 2.67. The summed E-state index contributed by atoms with van der Waals surface area (Å²) in [6.45, 7) is 2.09. The van der Waals surface area contributed by atoms with Gasteiger partial charge < -0.3 is 10.1 Å². The fourth-order valence-electron chi connectivity index (χ4n) is 1.10. The number of amides is 1. The average molecular weight is 210 g/mol. The molecular formula is C9H10N2O4. The standard InChI is InChI=1S/C9H10N2O4/c1-2-15-9-4-3-7(10-6-12)5-8(9)11(13)14/h3-6H,2H2,1H3,(H,10,12). The van der Waals surface area contributed by atoms with Crippen molar-refractivity contribution in [1.82, 2.24) is 0 Å². The van der Waals surface area contributed by atoms with E-state index in [2.05, 4.69) is 5.32 Å². The molecule has 0 radical (unpaired) electrons. The minimum atomic E-state index is -0.555.